The maximum atomic E-state index is 12.8. The summed E-state index contributed by atoms with van der Waals surface area (Å²) in [6, 6.07) is 6.16. The molecule has 2 aliphatic heterocycles. The minimum atomic E-state index is -3.62. The van der Waals surface area contributed by atoms with Gasteiger partial charge in [0.1, 0.15) is 0 Å². The van der Waals surface area contributed by atoms with Crippen molar-refractivity contribution in [2.45, 2.75) is 50.2 Å². The molecule has 0 spiro atoms. The van der Waals surface area contributed by atoms with Crippen molar-refractivity contribution in [2.24, 2.45) is 5.92 Å². The number of sulfone groups is 1. The lowest BCUT2D eigenvalue weighted by atomic mass is 9.98. The Labute approximate surface area is 183 Å². The van der Waals surface area contributed by atoms with Gasteiger partial charge in [-0.15, -0.1) is 0 Å². The van der Waals surface area contributed by atoms with Crippen LogP contribution in [-0.4, -0.2) is 69.8 Å². The summed E-state index contributed by atoms with van der Waals surface area (Å²) in [5.74, 6) is -1.64. The molecule has 0 unspecified atom stereocenters. The molecule has 2 aliphatic rings. The van der Waals surface area contributed by atoms with Crippen LogP contribution < -0.4 is 5.32 Å². The van der Waals surface area contributed by atoms with Gasteiger partial charge in [0.25, 0.3) is 5.91 Å². The van der Waals surface area contributed by atoms with E-state index < -0.39 is 49.8 Å². The Hall–Kier alpha value is -1.98. The molecule has 31 heavy (non-hydrogen) atoms. The molecule has 2 atom stereocenters. The molecule has 1 N–H and O–H groups in total. The van der Waals surface area contributed by atoms with Gasteiger partial charge in [-0.25, -0.2) is 16.8 Å². The largest absolute Gasteiger partial charge is 0.452 e. The lowest BCUT2D eigenvalue weighted by molar-refractivity contribution is -0.160. The minimum Gasteiger partial charge on any atom is -0.452 e. The van der Waals surface area contributed by atoms with Gasteiger partial charge >= 0.3 is 5.97 Å². The number of benzene rings is 1. The summed E-state index contributed by atoms with van der Waals surface area (Å²) in [5.41, 5.74) is 0.966. The molecule has 11 heteroatoms. The standard InChI is InChI=1S/C20H28N2O7S2/c1-14-3-5-18(6-4-14)31(27,28)22-10-7-16(8-11-22)20(24)29-15(2)19(23)21-17-9-12-30(25,26)13-17/h3-6,15-17H,7-13H2,1-2H3,(H,21,23)/t15-,17-/m0/s1. The number of piperidine rings is 1. The first-order valence-corrected chi connectivity index (χ1v) is 13.5. The van der Waals surface area contributed by atoms with Crippen molar-refractivity contribution in [3.05, 3.63) is 29.8 Å². The average Bonchev–Trinajstić information content (AvgIpc) is 3.06. The number of carbonyl (C=O) groups is 2. The van der Waals surface area contributed by atoms with Crippen molar-refractivity contribution < 1.29 is 31.2 Å². The molecule has 2 fully saturated rings. The molecule has 0 aromatic heterocycles. The third kappa shape index (κ3) is 5.83. The number of carbonyl (C=O) groups excluding carboxylic acids is 2. The van der Waals surface area contributed by atoms with E-state index >= 15 is 0 Å². The molecule has 2 saturated heterocycles. The SMILES string of the molecule is Cc1ccc(S(=O)(=O)N2CCC(C(=O)O[C@@H](C)C(=O)N[C@H]3CCS(=O)(=O)C3)CC2)cc1. The van der Waals surface area contributed by atoms with Crippen LogP contribution in [0.4, 0.5) is 0 Å². The van der Waals surface area contributed by atoms with Crippen LogP contribution in [0.3, 0.4) is 0 Å². The van der Waals surface area contributed by atoms with E-state index in [1.807, 2.05) is 6.92 Å². The van der Waals surface area contributed by atoms with Crippen molar-refractivity contribution in [2.75, 3.05) is 24.6 Å². The monoisotopic (exact) mass is 472 g/mol. The van der Waals surface area contributed by atoms with E-state index in [2.05, 4.69) is 5.32 Å². The number of esters is 1. The predicted molar refractivity (Wildman–Crippen MR) is 113 cm³/mol. The highest BCUT2D eigenvalue weighted by Gasteiger charge is 2.35. The number of sulfonamides is 1. The maximum Gasteiger partial charge on any atom is 0.309 e. The molecule has 1 aromatic rings. The molecular weight excluding hydrogens is 444 g/mol. The fourth-order valence-electron chi connectivity index (χ4n) is 3.74. The second-order valence-corrected chi connectivity index (χ2v) is 12.3. The van der Waals surface area contributed by atoms with Gasteiger partial charge in [-0.2, -0.15) is 4.31 Å². The Morgan fingerprint density at radius 2 is 1.74 bits per heavy atom. The Morgan fingerprint density at radius 3 is 2.29 bits per heavy atom. The van der Waals surface area contributed by atoms with Gasteiger partial charge in [-0.1, -0.05) is 17.7 Å². The van der Waals surface area contributed by atoms with Gasteiger partial charge in [0.15, 0.2) is 15.9 Å². The van der Waals surface area contributed by atoms with Crippen LogP contribution in [0.5, 0.6) is 0 Å². The van der Waals surface area contributed by atoms with Gasteiger partial charge in [-0.05, 0) is 45.2 Å². The molecule has 1 amide bonds. The summed E-state index contributed by atoms with van der Waals surface area (Å²) >= 11 is 0. The van der Waals surface area contributed by atoms with Gasteiger partial charge in [0.2, 0.25) is 10.0 Å². The van der Waals surface area contributed by atoms with E-state index in [-0.39, 0.29) is 29.5 Å². The smallest absolute Gasteiger partial charge is 0.309 e. The Bertz CT molecular complexity index is 1030. The highest BCUT2D eigenvalue weighted by atomic mass is 32.2. The van der Waals surface area contributed by atoms with Gasteiger partial charge in [0, 0.05) is 19.1 Å². The minimum absolute atomic E-state index is 0.0379. The quantitative estimate of drug-likeness (QED) is 0.602. The number of hydrogen-bond acceptors (Lipinski definition) is 7. The summed E-state index contributed by atoms with van der Waals surface area (Å²) < 4.78 is 55.1. The first-order chi connectivity index (χ1) is 14.5. The van der Waals surface area contributed by atoms with E-state index in [0.717, 1.165) is 5.56 Å². The third-order valence-electron chi connectivity index (χ3n) is 5.69. The van der Waals surface area contributed by atoms with Crippen molar-refractivity contribution >= 4 is 31.7 Å². The fourth-order valence-corrected chi connectivity index (χ4v) is 6.89. The Balaban J connectivity index is 1.49. The summed E-state index contributed by atoms with van der Waals surface area (Å²) in [4.78, 5) is 24.9. The molecule has 0 bridgehead atoms. The van der Waals surface area contributed by atoms with E-state index in [9.17, 15) is 26.4 Å². The summed E-state index contributed by atoms with van der Waals surface area (Å²) in [6.45, 7) is 3.70. The van der Waals surface area contributed by atoms with Crippen LogP contribution in [0.15, 0.2) is 29.2 Å². The van der Waals surface area contributed by atoms with Gasteiger partial charge < -0.3 is 10.1 Å². The number of nitrogens with one attached hydrogen (secondary N) is 1. The molecule has 3 rings (SSSR count). The summed E-state index contributed by atoms with van der Waals surface area (Å²) in [6.07, 6.45) is -0.0916. The number of amides is 1. The van der Waals surface area contributed by atoms with Crippen LogP contribution in [0.25, 0.3) is 0 Å². The van der Waals surface area contributed by atoms with E-state index in [1.165, 1.54) is 11.2 Å². The van der Waals surface area contributed by atoms with Crippen LogP contribution >= 0.6 is 0 Å². The molecule has 2 heterocycles. The number of aryl methyl sites for hydroxylation is 1. The van der Waals surface area contributed by atoms with Crippen molar-refractivity contribution in [3.63, 3.8) is 0 Å². The van der Waals surface area contributed by atoms with Crippen LogP contribution in [-0.2, 0) is 34.2 Å². The Morgan fingerprint density at radius 1 is 1.13 bits per heavy atom. The molecule has 1 aromatic carbocycles. The molecule has 172 valence electrons. The molecule has 0 radical (unpaired) electrons. The van der Waals surface area contributed by atoms with Crippen molar-refractivity contribution in [1.82, 2.24) is 9.62 Å². The zero-order chi connectivity index (χ0) is 22.8. The summed E-state index contributed by atoms with van der Waals surface area (Å²) in [7, 11) is -6.74. The maximum absolute atomic E-state index is 12.8. The second kappa shape index (κ2) is 9.25. The van der Waals surface area contributed by atoms with Crippen LogP contribution in [0.1, 0.15) is 31.7 Å². The van der Waals surface area contributed by atoms with Crippen molar-refractivity contribution in [1.29, 1.82) is 0 Å². The first-order valence-electron chi connectivity index (χ1n) is 10.3. The summed E-state index contributed by atoms with van der Waals surface area (Å²) in [5, 5.41) is 2.61. The number of hydrogen-bond donors (Lipinski definition) is 1. The third-order valence-corrected chi connectivity index (χ3v) is 9.37. The molecule has 0 saturated carbocycles. The number of nitrogens with zero attached hydrogens (tertiary/aromatic N) is 1. The van der Waals surface area contributed by atoms with Crippen LogP contribution in [0, 0.1) is 12.8 Å². The highest BCUT2D eigenvalue weighted by molar-refractivity contribution is 7.91. The second-order valence-electron chi connectivity index (χ2n) is 8.18. The molecule has 9 nitrogen and oxygen atoms in total. The number of ether oxygens (including phenoxy) is 1. The van der Waals surface area contributed by atoms with E-state index in [4.69, 9.17) is 4.74 Å². The average molecular weight is 473 g/mol. The zero-order valence-electron chi connectivity index (χ0n) is 17.6. The molecular formula is C20H28N2O7S2. The fraction of sp³-hybridized carbons (Fsp3) is 0.600. The van der Waals surface area contributed by atoms with Crippen LogP contribution in [0.2, 0.25) is 0 Å². The topological polar surface area (TPSA) is 127 Å². The predicted octanol–water partition coefficient (Wildman–Crippen LogP) is 0.631. The van der Waals surface area contributed by atoms with E-state index in [1.54, 1.807) is 24.3 Å². The van der Waals surface area contributed by atoms with E-state index in [0.29, 0.717) is 19.3 Å². The zero-order valence-corrected chi connectivity index (χ0v) is 19.2. The van der Waals surface area contributed by atoms with Gasteiger partial charge in [0.05, 0.1) is 22.3 Å². The highest BCUT2D eigenvalue weighted by Crippen LogP contribution is 2.25. The normalized spacial score (nSPS) is 23.2. The number of rotatable bonds is 6. The first kappa shape index (κ1) is 23.7. The lowest BCUT2D eigenvalue weighted by Crippen LogP contribution is -2.44. The lowest BCUT2D eigenvalue weighted by Gasteiger charge is -2.30. The van der Waals surface area contributed by atoms with Gasteiger partial charge in [-0.3, -0.25) is 9.59 Å². The van der Waals surface area contributed by atoms with Crippen molar-refractivity contribution in [3.8, 4) is 0 Å². The molecule has 0 aliphatic carbocycles. The Kier molecular flexibility index (Phi) is 7.07.